The van der Waals surface area contributed by atoms with Gasteiger partial charge in [-0.1, -0.05) is 18.3 Å². The number of rotatable bonds is 9. The van der Waals surface area contributed by atoms with Gasteiger partial charge in [0.05, 0.1) is 5.92 Å². The average Bonchev–Trinajstić information content (AvgIpc) is 2.74. The van der Waals surface area contributed by atoms with Crippen LogP contribution in [0.1, 0.15) is 38.3 Å². The largest absolute Gasteiger partial charge is 0.481 e. The molecule has 0 aliphatic carbocycles. The maximum atomic E-state index is 11.6. The smallest absolute Gasteiger partial charge is 0.307 e. The van der Waals surface area contributed by atoms with Gasteiger partial charge in [-0.25, -0.2) is 0 Å². The molecule has 0 aliphatic heterocycles. The number of nitrogens with zero attached hydrogens (tertiary/aromatic N) is 1. The number of carbonyl (C=O) groups excluding carboxylic acids is 1. The summed E-state index contributed by atoms with van der Waals surface area (Å²) < 4.78 is 1.67. The number of carboxylic acids is 1. The minimum atomic E-state index is -0.807. The number of hydrogen-bond acceptors (Lipinski definition) is 4. The highest BCUT2D eigenvalue weighted by Crippen LogP contribution is 2.05. The maximum absolute atomic E-state index is 11.6. The third-order valence-electron chi connectivity index (χ3n) is 3.32. The fraction of sp³-hybridized carbons (Fsp3) is 0.643. The topological polar surface area (TPSA) is 88.4 Å². The van der Waals surface area contributed by atoms with Gasteiger partial charge in [-0.2, -0.15) is 0 Å². The van der Waals surface area contributed by atoms with Crippen LogP contribution in [0.25, 0.3) is 0 Å². The molecule has 1 atom stereocenters. The van der Waals surface area contributed by atoms with E-state index >= 15 is 0 Å². The first-order valence-corrected chi connectivity index (χ1v) is 7.94. The van der Waals surface area contributed by atoms with Crippen molar-refractivity contribution in [1.29, 1.82) is 0 Å². The molecule has 21 heavy (non-hydrogen) atoms. The van der Waals surface area contributed by atoms with Crippen molar-refractivity contribution in [1.82, 2.24) is 9.88 Å². The van der Waals surface area contributed by atoms with E-state index in [2.05, 4.69) is 5.32 Å². The SMILES string of the molecule is Cc1csc(=O)n1CCCC(=O)NCCCC(C)C(=O)O. The minimum Gasteiger partial charge on any atom is -0.481 e. The van der Waals surface area contributed by atoms with Crippen molar-refractivity contribution in [2.45, 2.75) is 46.1 Å². The van der Waals surface area contributed by atoms with Gasteiger partial charge >= 0.3 is 10.8 Å². The molecule has 0 fully saturated rings. The number of thiazole rings is 1. The summed E-state index contributed by atoms with van der Waals surface area (Å²) >= 11 is 1.17. The highest BCUT2D eigenvalue weighted by atomic mass is 32.1. The normalized spacial score (nSPS) is 12.1. The fourth-order valence-electron chi connectivity index (χ4n) is 1.92. The van der Waals surface area contributed by atoms with Crippen LogP contribution in [-0.4, -0.2) is 28.1 Å². The van der Waals surface area contributed by atoms with Crippen LogP contribution in [0, 0.1) is 12.8 Å². The predicted molar refractivity (Wildman–Crippen MR) is 81.6 cm³/mol. The lowest BCUT2D eigenvalue weighted by Crippen LogP contribution is -2.25. The van der Waals surface area contributed by atoms with Crippen molar-refractivity contribution < 1.29 is 14.7 Å². The van der Waals surface area contributed by atoms with Crippen LogP contribution in [0.3, 0.4) is 0 Å². The van der Waals surface area contributed by atoms with E-state index < -0.39 is 5.97 Å². The van der Waals surface area contributed by atoms with Crippen molar-refractivity contribution in [3.05, 3.63) is 20.7 Å². The molecule has 0 saturated carbocycles. The quantitative estimate of drug-likeness (QED) is 0.678. The molecule has 1 rings (SSSR count). The summed E-state index contributed by atoms with van der Waals surface area (Å²) in [5.74, 6) is -1.24. The van der Waals surface area contributed by atoms with Gasteiger partial charge in [0.1, 0.15) is 0 Å². The molecule has 0 saturated heterocycles. The van der Waals surface area contributed by atoms with Gasteiger partial charge in [-0.3, -0.25) is 14.4 Å². The van der Waals surface area contributed by atoms with E-state index in [0.29, 0.717) is 38.8 Å². The van der Waals surface area contributed by atoms with Gasteiger partial charge in [0.25, 0.3) is 0 Å². The number of carboxylic acid groups (broad SMARTS) is 1. The molecule has 6 nitrogen and oxygen atoms in total. The number of aromatic nitrogens is 1. The van der Waals surface area contributed by atoms with Crippen molar-refractivity contribution in [2.75, 3.05) is 6.54 Å². The van der Waals surface area contributed by atoms with Crippen LogP contribution in [0.5, 0.6) is 0 Å². The molecule has 1 amide bonds. The Labute approximate surface area is 127 Å². The Morgan fingerprint density at radius 1 is 1.43 bits per heavy atom. The third kappa shape index (κ3) is 6.12. The molecule has 1 unspecified atom stereocenters. The van der Waals surface area contributed by atoms with Crippen LogP contribution >= 0.6 is 11.3 Å². The number of amides is 1. The van der Waals surface area contributed by atoms with E-state index in [-0.39, 0.29) is 16.7 Å². The first kappa shape index (κ1) is 17.4. The van der Waals surface area contributed by atoms with Crippen LogP contribution in [-0.2, 0) is 16.1 Å². The third-order valence-corrected chi connectivity index (χ3v) is 4.20. The Morgan fingerprint density at radius 3 is 2.71 bits per heavy atom. The van der Waals surface area contributed by atoms with E-state index in [1.54, 1.807) is 11.5 Å². The molecular weight excluding hydrogens is 292 g/mol. The molecular formula is C14H22N2O4S. The first-order valence-electron chi connectivity index (χ1n) is 7.06. The first-order chi connectivity index (χ1) is 9.91. The molecule has 0 radical (unpaired) electrons. The molecule has 0 aliphatic rings. The summed E-state index contributed by atoms with van der Waals surface area (Å²) in [7, 11) is 0. The second-order valence-electron chi connectivity index (χ2n) is 5.13. The summed E-state index contributed by atoms with van der Waals surface area (Å²) in [5, 5.41) is 13.3. The van der Waals surface area contributed by atoms with Crippen LogP contribution in [0.15, 0.2) is 10.2 Å². The van der Waals surface area contributed by atoms with Crippen molar-refractivity contribution in [3.63, 3.8) is 0 Å². The van der Waals surface area contributed by atoms with E-state index in [9.17, 15) is 14.4 Å². The summed E-state index contributed by atoms with van der Waals surface area (Å²) in [6, 6.07) is 0. The maximum Gasteiger partial charge on any atom is 0.307 e. The summed E-state index contributed by atoms with van der Waals surface area (Å²) in [6.07, 6.45) is 2.20. The molecule has 7 heteroatoms. The van der Waals surface area contributed by atoms with Gasteiger partial charge in [0.15, 0.2) is 0 Å². The van der Waals surface area contributed by atoms with Crippen LogP contribution in [0.4, 0.5) is 0 Å². The van der Waals surface area contributed by atoms with E-state index in [0.717, 1.165) is 5.69 Å². The highest BCUT2D eigenvalue weighted by molar-refractivity contribution is 7.07. The van der Waals surface area contributed by atoms with E-state index in [1.807, 2.05) is 12.3 Å². The lowest BCUT2D eigenvalue weighted by Gasteiger charge is -2.08. The number of nitrogens with one attached hydrogen (secondary N) is 1. The Balaban J connectivity index is 2.15. The Bertz CT molecular complexity index is 535. The standard InChI is InChI=1S/C14H22N2O4S/c1-10(13(18)19)5-3-7-15-12(17)6-4-8-16-11(2)9-21-14(16)20/h9-10H,3-8H2,1-2H3,(H,15,17)(H,18,19). The summed E-state index contributed by atoms with van der Waals surface area (Å²) in [6.45, 7) is 4.58. The second kappa shape index (κ2) is 8.61. The van der Waals surface area contributed by atoms with Gasteiger partial charge in [0, 0.05) is 30.6 Å². The monoisotopic (exact) mass is 314 g/mol. The van der Waals surface area contributed by atoms with Crippen LogP contribution < -0.4 is 10.2 Å². The minimum absolute atomic E-state index is 0.00978. The average molecular weight is 314 g/mol. The fourth-order valence-corrected chi connectivity index (χ4v) is 2.68. The molecule has 1 aromatic heterocycles. The Kier molecular flexibility index (Phi) is 7.14. The van der Waals surface area contributed by atoms with Crippen molar-refractivity contribution in [3.8, 4) is 0 Å². The van der Waals surface area contributed by atoms with E-state index in [4.69, 9.17) is 5.11 Å². The van der Waals surface area contributed by atoms with Gasteiger partial charge in [0.2, 0.25) is 5.91 Å². The molecule has 2 N–H and O–H groups in total. The van der Waals surface area contributed by atoms with E-state index in [1.165, 1.54) is 11.3 Å². The zero-order valence-electron chi connectivity index (χ0n) is 12.4. The second-order valence-corrected chi connectivity index (χ2v) is 5.95. The summed E-state index contributed by atoms with van der Waals surface area (Å²) in [5.41, 5.74) is 0.924. The molecule has 118 valence electrons. The van der Waals surface area contributed by atoms with Gasteiger partial charge in [-0.05, 0) is 26.2 Å². The van der Waals surface area contributed by atoms with Gasteiger partial charge < -0.3 is 15.0 Å². The molecule has 1 heterocycles. The number of carbonyl (C=O) groups is 2. The van der Waals surface area contributed by atoms with Crippen molar-refractivity contribution in [2.24, 2.45) is 5.92 Å². The number of aryl methyl sites for hydroxylation is 1. The highest BCUT2D eigenvalue weighted by Gasteiger charge is 2.10. The van der Waals surface area contributed by atoms with Crippen LogP contribution in [0.2, 0.25) is 0 Å². The number of hydrogen-bond donors (Lipinski definition) is 2. The number of aliphatic carboxylic acids is 1. The zero-order valence-corrected chi connectivity index (χ0v) is 13.2. The lowest BCUT2D eigenvalue weighted by molar-refractivity contribution is -0.141. The molecule has 1 aromatic rings. The lowest BCUT2D eigenvalue weighted by atomic mass is 10.1. The zero-order chi connectivity index (χ0) is 15.8. The van der Waals surface area contributed by atoms with Crippen molar-refractivity contribution >= 4 is 23.2 Å². The Hall–Kier alpha value is -1.63. The summed E-state index contributed by atoms with van der Waals surface area (Å²) in [4.78, 5) is 33.7. The Morgan fingerprint density at radius 2 is 2.14 bits per heavy atom. The molecule has 0 aromatic carbocycles. The molecule has 0 bridgehead atoms. The predicted octanol–water partition coefficient (Wildman–Crippen LogP) is 1.62. The van der Waals surface area contributed by atoms with Gasteiger partial charge in [-0.15, -0.1) is 0 Å². The molecule has 0 spiro atoms.